The molecule has 0 saturated carbocycles. The SMILES string of the molecule is CCCNC(CC(C)COC)C1=CCCCO1. The summed E-state index contributed by atoms with van der Waals surface area (Å²) >= 11 is 0. The van der Waals surface area contributed by atoms with Crippen LogP contribution in [0.4, 0.5) is 0 Å². The summed E-state index contributed by atoms with van der Waals surface area (Å²) < 4.78 is 11.0. The van der Waals surface area contributed by atoms with Crippen LogP contribution in [0.5, 0.6) is 0 Å². The fourth-order valence-corrected chi connectivity index (χ4v) is 2.19. The first kappa shape index (κ1) is 14.5. The number of hydrogen-bond donors (Lipinski definition) is 1. The summed E-state index contributed by atoms with van der Waals surface area (Å²) in [5.74, 6) is 1.70. The molecule has 0 aliphatic carbocycles. The van der Waals surface area contributed by atoms with Gasteiger partial charge in [-0.15, -0.1) is 0 Å². The van der Waals surface area contributed by atoms with E-state index >= 15 is 0 Å². The minimum atomic E-state index is 0.361. The number of hydrogen-bond acceptors (Lipinski definition) is 3. The maximum atomic E-state index is 5.77. The van der Waals surface area contributed by atoms with E-state index in [0.29, 0.717) is 12.0 Å². The van der Waals surface area contributed by atoms with Crippen molar-refractivity contribution < 1.29 is 9.47 Å². The normalized spacial score (nSPS) is 19.4. The molecule has 100 valence electrons. The van der Waals surface area contributed by atoms with Gasteiger partial charge in [-0.1, -0.05) is 13.8 Å². The minimum absolute atomic E-state index is 0.361. The quantitative estimate of drug-likeness (QED) is 0.709. The molecule has 17 heavy (non-hydrogen) atoms. The van der Waals surface area contributed by atoms with E-state index in [0.717, 1.165) is 51.2 Å². The van der Waals surface area contributed by atoms with E-state index < -0.39 is 0 Å². The standard InChI is InChI=1S/C14H27NO2/c1-4-8-15-13(10-12(2)11-16-3)14-7-5-6-9-17-14/h7,12-13,15H,4-6,8-11H2,1-3H3. The Morgan fingerprint density at radius 1 is 1.53 bits per heavy atom. The fourth-order valence-electron chi connectivity index (χ4n) is 2.19. The first-order chi connectivity index (χ1) is 8.27. The van der Waals surface area contributed by atoms with Crippen molar-refractivity contribution in [1.29, 1.82) is 0 Å². The molecular formula is C14H27NO2. The van der Waals surface area contributed by atoms with E-state index in [9.17, 15) is 0 Å². The third-order valence-electron chi connectivity index (χ3n) is 3.04. The van der Waals surface area contributed by atoms with Gasteiger partial charge in [-0.2, -0.15) is 0 Å². The Labute approximate surface area is 106 Å². The van der Waals surface area contributed by atoms with Crippen LogP contribution in [-0.2, 0) is 9.47 Å². The molecule has 0 aromatic carbocycles. The molecule has 1 N–H and O–H groups in total. The highest BCUT2D eigenvalue weighted by molar-refractivity contribution is 5.05. The van der Waals surface area contributed by atoms with Gasteiger partial charge in [0.25, 0.3) is 0 Å². The largest absolute Gasteiger partial charge is 0.497 e. The van der Waals surface area contributed by atoms with E-state index in [2.05, 4.69) is 25.2 Å². The summed E-state index contributed by atoms with van der Waals surface area (Å²) in [5.41, 5.74) is 0. The molecule has 0 aromatic rings. The zero-order valence-electron chi connectivity index (χ0n) is 11.5. The molecule has 2 atom stereocenters. The summed E-state index contributed by atoms with van der Waals surface area (Å²) in [5, 5.41) is 3.58. The average Bonchev–Trinajstić information content (AvgIpc) is 2.36. The highest BCUT2D eigenvalue weighted by atomic mass is 16.5. The maximum Gasteiger partial charge on any atom is 0.109 e. The monoisotopic (exact) mass is 241 g/mol. The Kier molecular flexibility index (Phi) is 7.29. The molecule has 0 fully saturated rings. The third-order valence-corrected chi connectivity index (χ3v) is 3.04. The molecular weight excluding hydrogens is 214 g/mol. The fraction of sp³-hybridized carbons (Fsp3) is 0.857. The summed E-state index contributed by atoms with van der Waals surface area (Å²) in [4.78, 5) is 0. The lowest BCUT2D eigenvalue weighted by Gasteiger charge is -2.26. The van der Waals surface area contributed by atoms with Crippen molar-refractivity contribution in [2.75, 3.05) is 26.9 Å². The van der Waals surface area contributed by atoms with E-state index in [1.54, 1.807) is 7.11 Å². The van der Waals surface area contributed by atoms with Gasteiger partial charge < -0.3 is 14.8 Å². The van der Waals surface area contributed by atoms with Crippen LogP contribution >= 0.6 is 0 Å². The Hall–Kier alpha value is -0.540. The Morgan fingerprint density at radius 2 is 2.35 bits per heavy atom. The Bertz CT molecular complexity index is 228. The second kappa shape index (κ2) is 8.54. The molecule has 1 aliphatic heterocycles. The van der Waals surface area contributed by atoms with Crippen LogP contribution < -0.4 is 5.32 Å². The van der Waals surface area contributed by atoms with Gasteiger partial charge in [0.2, 0.25) is 0 Å². The molecule has 1 aliphatic rings. The van der Waals surface area contributed by atoms with Crippen LogP contribution in [0, 0.1) is 5.92 Å². The highest BCUT2D eigenvalue weighted by Gasteiger charge is 2.19. The first-order valence-electron chi connectivity index (χ1n) is 6.83. The van der Waals surface area contributed by atoms with Crippen molar-refractivity contribution in [2.24, 2.45) is 5.92 Å². The zero-order valence-corrected chi connectivity index (χ0v) is 11.5. The van der Waals surface area contributed by atoms with Crippen LogP contribution in [0.25, 0.3) is 0 Å². The first-order valence-corrected chi connectivity index (χ1v) is 6.83. The van der Waals surface area contributed by atoms with Crippen LogP contribution in [0.1, 0.15) is 39.5 Å². The van der Waals surface area contributed by atoms with Crippen molar-refractivity contribution in [3.8, 4) is 0 Å². The van der Waals surface area contributed by atoms with Gasteiger partial charge in [-0.05, 0) is 44.2 Å². The van der Waals surface area contributed by atoms with Crippen molar-refractivity contribution >= 4 is 0 Å². The molecule has 0 saturated heterocycles. The predicted octanol–water partition coefficient (Wildman–Crippen LogP) is 2.72. The van der Waals surface area contributed by atoms with Gasteiger partial charge in [-0.25, -0.2) is 0 Å². The van der Waals surface area contributed by atoms with Crippen molar-refractivity contribution in [3.63, 3.8) is 0 Å². The van der Waals surface area contributed by atoms with Gasteiger partial charge in [0.1, 0.15) is 5.76 Å². The minimum Gasteiger partial charge on any atom is -0.497 e. The second-order valence-corrected chi connectivity index (χ2v) is 4.90. The second-order valence-electron chi connectivity index (χ2n) is 4.90. The summed E-state index contributed by atoms with van der Waals surface area (Å²) in [6, 6.07) is 0.361. The van der Waals surface area contributed by atoms with E-state index in [1.165, 1.54) is 0 Å². The molecule has 3 nitrogen and oxygen atoms in total. The number of ether oxygens (including phenoxy) is 2. The maximum absolute atomic E-state index is 5.77. The molecule has 3 heteroatoms. The number of nitrogens with one attached hydrogen (secondary N) is 1. The molecule has 1 heterocycles. The molecule has 0 aromatic heterocycles. The van der Waals surface area contributed by atoms with E-state index in [1.807, 2.05) is 0 Å². The van der Waals surface area contributed by atoms with Crippen molar-refractivity contribution in [2.45, 2.75) is 45.6 Å². The number of methoxy groups -OCH3 is 1. The predicted molar refractivity (Wildman–Crippen MR) is 71.0 cm³/mol. The van der Waals surface area contributed by atoms with Crippen molar-refractivity contribution in [1.82, 2.24) is 5.32 Å². The molecule has 0 amide bonds. The number of rotatable bonds is 8. The van der Waals surface area contributed by atoms with Gasteiger partial charge in [0.05, 0.1) is 12.6 Å². The smallest absolute Gasteiger partial charge is 0.109 e. The Morgan fingerprint density at radius 3 is 2.94 bits per heavy atom. The molecule has 1 rings (SSSR count). The van der Waals surface area contributed by atoms with Crippen molar-refractivity contribution in [3.05, 3.63) is 11.8 Å². The van der Waals surface area contributed by atoms with Gasteiger partial charge in [-0.3, -0.25) is 0 Å². The number of allylic oxidation sites excluding steroid dienone is 1. The van der Waals surface area contributed by atoms with E-state index in [4.69, 9.17) is 9.47 Å². The summed E-state index contributed by atoms with van der Waals surface area (Å²) in [7, 11) is 1.77. The van der Waals surface area contributed by atoms with Gasteiger partial charge >= 0.3 is 0 Å². The van der Waals surface area contributed by atoms with Crippen LogP contribution in [0.3, 0.4) is 0 Å². The summed E-state index contributed by atoms with van der Waals surface area (Å²) in [6.07, 6.45) is 6.79. The van der Waals surface area contributed by atoms with Crippen LogP contribution in [-0.4, -0.2) is 32.9 Å². The average molecular weight is 241 g/mol. The van der Waals surface area contributed by atoms with E-state index in [-0.39, 0.29) is 0 Å². The van der Waals surface area contributed by atoms with Crippen LogP contribution in [0.15, 0.2) is 11.8 Å². The van der Waals surface area contributed by atoms with Gasteiger partial charge in [0, 0.05) is 13.7 Å². The summed E-state index contributed by atoms with van der Waals surface area (Å²) in [6.45, 7) is 7.16. The molecule has 0 bridgehead atoms. The highest BCUT2D eigenvalue weighted by Crippen LogP contribution is 2.19. The van der Waals surface area contributed by atoms with Gasteiger partial charge in [0.15, 0.2) is 0 Å². The third kappa shape index (κ3) is 5.55. The zero-order chi connectivity index (χ0) is 12.5. The topological polar surface area (TPSA) is 30.5 Å². The Balaban J connectivity index is 2.49. The lowest BCUT2D eigenvalue weighted by atomic mass is 9.99. The lowest BCUT2D eigenvalue weighted by molar-refractivity contribution is 0.131. The molecule has 0 radical (unpaired) electrons. The molecule has 0 spiro atoms. The molecule has 2 unspecified atom stereocenters. The van der Waals surface area contributed by atoms with Crippen LogP contribution in [0.2, 0.25) is 0 Å². The lowest BCUT2D eigenvalue weighted by Crippen LogP contribution is -2.35.